The summed E-state index contributed by atoms with van der Waals surface area (Å²) in [6.45, 7) is 6.95. The molecule has 20 heavy (non-hydrogen) atoms. The fraction of sp³-hybridized carbons (Fsp3) is 0.600. The Morgan fingerprint density at radius 2 is 2.00 bits per heavy atom. The first-order valence-electron chi connectivity index (χ1n) is 6.96. The third-order valence-electron chi connectivity index (χ3n) is 3.50. The third kappa shape index (κ3) is 4.71. The molecule has 0 bridgehead atoms. The molecule has 1 aromatic carbocycles. The van der Waals surface area contributed by atoms with Gasteiger partial charge in [0.1, 0.15) is 0 Å². The molecule has 0 saturated heterocycles. The molecular formula is C15H25BrClN3. The minimum atomic E-state index is 0.169. The Balaban J connectivity index is 3.05. The summed E-state index contributed by atoms with van der Waals surface area (Å²) in [6.07, 6.45) is 0. The number of nitrogens with two attached hydrogens (primary N) is 1. The molecule has 2 unspecified atom stereocenters. The Bertz CT molecular complexity index is 426. The lowest BCUT2D eigenvalue weighted by atomic mass is 10.0. The monoisotopic (exact) mass is 361 g/mol. The van der Waals surface area contributed by atoms with Gasteiger partial charge in [0.25, 0.3) is 0 Å². The number of rotatable bonds is 7. The molecule has 0 spiro atoms. The fourth-order valence-electron chi connectivity index (χ4n) is 2.68. The van der Waals surface area contributed by atoms with Gasteiger partial charge in [-0.2, -0.15) is 0 Å². The van der Waals surface area contributed by atoms with E-state index in [0.717, 1.165) is 28.1 Å². The molecule has 0 aliphatic carbocycles. The molecule has 0 radical (unpaired) electrons. The second-order valence-electron chi connectivity index (χ2n) is 5.36. The average molecular weight is 363 g/mol. The highest BCUT2D eigenvalue weighted by Crippen LogP contribution is 2.31. The maximum absolute atomic E-state index is 6.14. The van der Waals surface area contributed by atoms with Crippen molar-refractivity contribution in [3.63, 3.8) is 0 Å². The first-order valence-corrected chi connectivity index (χ1v) is 8.13. The highest BCUT2D eigenvalue weighted by molar-refractivity contribution is 9.10. The van der Waals surface area contributed by atoms with E-state index < -0.39 is 0 Å². The van der Waals surface area contributed by atoms with Crippen LogP contribution >= 0.6 is 27.5 Å². The molecule has 0 amide bonds. The van der Waals surface area contributed by atoms with Gasteiger partial charge < -0.3 is 10.6 Å². The Morgan fingerprint density at radius 1 is 1.35 bits per heavy atom. The Labute approximate surface area is 136 Å². The van der Waals surface area contributed by atoms with Crippen LogP contribution in [0.15, 0.2) is 22.7 Å². The van der Waals surface area contributed by atoms with Crippen molar-refractivity contribution >= 4 is 27.5 Å². The van der Waals surface area contributed by atoms with Gasteiger partial charge in [-0.15, -0.1) is 0 Å². The standard InChI is InChI=1S/C15H25BrClN3/c1-5-20(11(2)10-19(3)4)15(9-18)13-8-12(17)6-7-14(13)16/h6-8,11,15H,5,9-10,18H2,1-4H3. The minimum Gasteiger partial charge on any atom is -0.329 e. The Kier molecular flexibility index (Phi) is 7.48. The van der Waals surface area contributed by atoms with Gasteiger partial charge >= 0.3 is 0 Å². The van der Waals surface area contributed by atoms with Gasteiger partial charge in [0.15, 0.2) is 0 Å². The molecule has 0 fully saturated rings. The van der Waals surface area contributed by atoms with Crippen molar-refractivity contribution in [2.45, 2.75) is 25.9 Å². The van der Waals surface area contributed by atoms with E-state index in [2.05, 4.69) is 53.7 Å². The molecule has 114 valence electrons. The third-order valence-corrected chi connectivity index (χ3v) is 4.46. The lowest BCUT2D eigenvalue weighted by molar-refractivity contribution is 0.130. The quantitative estimate of drug-likeness (QED) is 0.807. The number of benzene rings is 1. The summed E-state index contributed by atoms with van der Waals surface area (Å²) < 4.78 is 1.06. The molecule has 0 aliphatic heterocycles. The molecule has 1 aromatic rings. The zero-order valence-corrected chi connectivity index (χ0v) is 15.1. The predicted molar refractivity (Wildman–Crippen MR) is 91.3 cm³/mol. The van der Waals surface area contributed by atoms with E-state index in [4.69, 9.17) is 17.3 Å². The molecule has 3 nitrogen and oxygen atoms in total. The first-order chi connectivity index (χ1) is 9.40. The highest BCUT2D eigenvalue weighted by Gasteiger charge is 2.24. The van der Waals surface area contributed by atoms with E-state index in [1.54, 1.807) is 0 Å². The van der Waals surface area contributed by atoms with Crippen molar-refractivity contribution in [1.29, 1.82) is 0 Å². The normalized spacial score (nSPS) is 14.8. The molecule has 0 saturated carbocycles. The fourth-order valence-corrected chi connectivity index (χ4v) is 3.37. The summed E-state index contributed by atoms with van der Waals surface area (Å²) in [5.74, 6) is 0. The van der Waals surface area contributed by atoms with Gasteiger partial charge in [0.05, 0.1) is 0 Å². The second-order valence-corrected chi connectivity index (χ2v) is 6.65. The Morgan fingerprint density at radius 3 is 2.50 bits per heavy atom. The summed E-state index contributed by atoms with van der Waals surface area (Å²) in [6, 6.07) is 6.48. The number of hydrogen-bond acceptors (Lipinski definition) is 3. The number of likely N-dealkylation sites (N-methyl/N-ethyl adjacent to an activating group) is 2. The molecule has 2 atom stereocenters. The zero-order chi connectivity index (χ0) is 15.3. The van der Waals surface area contributed by atoms with Crippen LogP contribution in [-0.4, -0.2) is 49.6 Å². The van der Waals surface area contributed by atoms with E-state index in [1.807, 2.05) is 18.2 Å². The van der Waals surface area contributed by atoms with E-state index in [0.29, 0.717) is 12.6 Å². The average Bonchev–Trinajstić information content (AvgIpc) is 2.38. The van der Waals surface area contributed by atoms with Crippen molar-refractivity contribution in [2.75, 3.05) is 33.7 Å². The van der Waals surface area contributed by atoms with Crippen LogP contribution in [0.1, 0.15) is 25.5 Å². The van der Waals surface area contributed by atoms with Crippen LogP contribution in [0.3, 0.4) is 0 Å². The van der Waals surface area contributed by atoms with Crippen LogP contribution in [0.2, 0.25) is 5.02 Å². The molecule has 0 heterocycles. The van der Waals surface area contributed by atoms with Gasteiger partial charge in [-0.3, -0.25) is 4.90 Å². The lowest BCUT2D eigenvalue weighted by Gasteiger charge is -2.37. The maximum atomic E-state index is 6.14. The van der Waals surface area contributed by atoms with Crippen LogP contribution < -0.4 is 5.73 Å². The van der Waals surface area contributed by atoms with Crippen LogP contribution in [0.5, 0.6) is 0 Å². The van der Waals surface area contributed by atoms with E-state index >= 15 is 0 Å². The first kappa shape index (κ1) is 17.9. The topological polar surface area (TPSA) is 32.5 Å². The van der Waals surface area contributed by atoms with Crippen LogP contribution in [0, 0.1) is 0 Å². The van der Waals surface area contributed by atoms with E-state index in [-0.39, 0.29) is 6.04 Å². The summed E-state index contributed by atoms with van der Waals surface area (Å²) in [4.78, 5) is 4.63. The van der Waals surface area contributed by atoms with Gasteiger partial charge in [-0.25, -0.2) is 0 Å². The highest BCUT2D eigenvalue weighted by atomic mass is 79.9. The molecule has 0 aliphatic rings. The van der Waals surface area contributed by atoms with Gasteiger partial charge in [-0.1, -0.05) is 34.5 Å². The number of hydrogen-bond donors (Lipinski definition) is 1. The molecule has 5 heteroatoms. The lowest BCUT2D eigenvalue weighted by Crippen LogP contribution is -2.44. The second kappa shape index (κ2) is 8.35. The number of nitrogens with zero attached hydrogens (tertiary/aromatic N) is 2. The largest absolute Gasteiger partial charge is 0.329 e. The SMILES string of the molecule is CCN(C(C)CN(C)C)C(CN)c1cc(Cl)ccc1Br. The number of halogens is 2. The van der Waals surface area contributed by atoms with Crippen molar-refractivity contribution < 1.29 is 0 Å². The molecule has 1 rings (SSSR count). The zero-order valence-electron chi connectivity index (χ0n) is 12.7. The van der Waals surface area contributed by atoms with Crippen molar-refractivity contribution in [1.82, 2.24) is 9.80 Å². The van der Waals surface area contributed by atoms with Crippen LogP contribution in [-0.2, 0) is 0 Å². The van der Waals surface area contributed by atoms with Crippen molar-refractivity contribution in [3.05, 3.63) is 33.3 Å². The molecule has 2 N–H and O–H groups in total. The molecule has 0 aromatic heterocycles. The van der Waals surface area contributed by atoms with Crippen LogP contribution in [0.25, 0.3) is 0 Å². The van der Waals surface area contributed by atoms with E-state index in [1.165, 1.54) is 0 Å². The van der Waals surface area contributed by atoms with Gasteiger partial charge in [0, 0.05) is 34.7 Å². The summed E-state index contributed by atoms with van der Waals surface area (Å²) in [5.41, 5.74) is 7.21. The van der Waals surface area contributed by atoms with Crippen molar-refractivity contribution in [3.8, 4) is 0 Å². The summed E-state index contributed by atoms with van der Waals surface area (Å²) in [7, 11) is 4.19. The summed E-state index contributed by atoms with van der Waals surface area (Å²) in [5, 5.41) is 0.748. The van der Waals surface area contributed by atoms with Crippen LogP contribution in [0.4, 0.5) is 0 Å². The van der Waals surface area contributed by atoms with Gasteiger partial charge in [0.2, 0.25) is 0 Å². The summed E-state index contributed by atoms with van der Waals surface area (Å²) >= 11 is 9.76. The predicted octanol–water partition coefficient (Wildman–Crippen LogP) is 3.37. The van der Waals surface area contributed by atoms with Crippen molar-refractivity contribution in [2.24, 2.45) is 5.73 Å². The Hall–Kier alpha value is -0.130. The maximum Gasteiger partial charge on any atom is 0.0485 e. The molecular weight excluding hydrogens is 338 g/mol. The minimum absolute atomic E-state index is 0.169. The van der Waals surface area contributed by atoms with Gasteiger partial charge in [-0.05, 0) is 51.3 Å². The van der Waals surface area contributed by atoms with E-state index in [9.17, 15) is 0 Å². The smallest absolute Gasteiger partial charge is 0.0485 e.